The van der Waals surface area contributed by atoms with Crippen molar-refractivity contribution in [2.24, 2.45) is 11.7 Å². The second-order valence-electron chi connectivity index (χ2n) is 3.89. The number of alkyl halides is 2. The number of nitrogens with one attached hydrogen (secondary N) is 1. The molecule has 0 bridgehead atoms. The highest BCUT2D eigenvalue weighted by atomic mass is 32.2. The molecule has 0 aromatic carbocycles. The molecule has 1 unspecified atom stereocenters. The Labute approximate surface area is 93.4 Å². The molecule has 3 N–H and O–H groups in total. The first-order valence-electron chi connectivity index (χ1n) is 4.98. The summed E-state index contributed by atoms with van der Waals surface area (Å²) in [5.41, 5.74) is 4.79. The van der Waals surface area contributed by atoms with Crippen LogP contribution in [-0.2, 0) is 14.8 Å². The zero-order valence-electron chi connectivity index (χ0n) is 8.79. The molecular formula is C8H16F2N2O3S. The van der Waals surface area contributed by atoms with Crippen molar-refractivity contribution in [2.45, 2.75) is 12.3 Å². The first-order valence-corrected chi connectivity index (χ1v) is 6.63. The monoisotopic (exact) mass is 258 g/mol. The molecule has 1 rings (SSSR count). The second kappa shape index (κ2) is 5.35. The van der Waals surface area contributed by atoms with Crippen molar-refractivity contribution < 1.29 is 21.9 Å². The number of halogens is 2. The molecule has 1 fully saturated rings. The lowest BCUT2D eigenvalue weighted by Crippen LogP contribution is -2.43. The highest BCUT2D eigenvalue weighted by Crippen LogP contribution is 2.15. The molecule has 0 spiro atoms. The van der Waals surface area contributed by atoms with E-state index in [1.165, 1.54) is 0 Å². The molecule has 0 aromatic heterocycles. The van der Waals surface area contributed by atoms with Crippen LogP contribution in [0.25, 0.3) is 0 Å². The van der Waals surface area contributed by atoms with Crippen LogP contribution < -0.4 is 10.5 Å². The van der Waals surface area contributed by atoms with E-state index in [1.807, 2.05) is 4.72 Å². The highest BCUT2D eigenvalue weighted by Gasteiger charge is 2.30. The van der Waals surface area contributed by atoms with E-state index >= 15 is 0 Å². The third-order valence-electron chi connectivity index (χ3n) is 2.33. The highest BCUT2D eigenvalue weighted by molar-refractivity contribution is 7.89. The van der Waals surface area contributed by atoms with E-state index in [0.717, 1.165) is 0 Å². The summed E-state index contributed by atoms with van der Waals surface area (Å²) >= 11 is 0. The smallest absolute Gasteiger partial charge is 0.273 e. The van der Waals surface area contributed by atoms with Gasteiger partial charge in [0, 0.05) is 6.61 Å². The lowest BCUT2D eigenvalue weighted by atomic mass is 10.2. The molecule has 1 heterocycles. The number of hydrogen-bond donors (Lipinski definition) is 2. The molecule has 96 valence electrons. The van der Waals surface area contributed by atoms with Gasteiger partial charge in [-0.1, -0.05) is 0 Å². The number of hydrogen-bond acceptors (Lipinski definition) is 4. The summed E-state index contributed by atoms with van der Waals surface area (Å²) in [6, 6.07) is 0. The summed E-state index contributed by atoms with van der Waals surface area (Å²) in [5, 5.41) is 0. The Morgan fingerprint density at radius 1 is 1.50 bits per heavy atom. The van der Waals surface area contributed by atoms with Gasteiger partial charge in [0.2, 0.25) is 10.0 Å². The zero-order chi connectivity index (χ0) is 12.2. The second-order valence-corrected chi connectivity index (χ2v) is 5.74. The quantitative estimate of drug-likeness (QED) is 0.675. The van der Waals surface area contributed by atoms with Crippen molar-refractivity contribution >= 4 is 10.0 Å². The van der Waals surface area contributed by atoms with Crippen molar-refractivity contribution in [3.8, 4) is 0 Å². The van der Waals surface area contributed by atoms with E-state index in [0.29, 0.717) is 19.6 Å². The number of sulfonamides is 1. The van der Waals surface area contributed by atoms with Crippen LogP contribution in [-0.4, -0.2) is 46.4 Å². The van der Waals surface area contributed by atoms with E-state index in [1.54, 1.807) is 0 Å². The maximum atomic E-state index is 12.7. The zero-order valence-corrected chi connectivity index (χ0v) is 9.60. The largest absolute Gasteiger partial charge is 0.381 e. The lowest BCUT2D eigenvalue weighted by molar-refractivity contribution is 0.0170. The van der Waals surface area contributed by atoms with Crippen LogP contribution in [0.2, 0.25) is 0 Å². The van der Waals surface area contributed by atoms with Gasteiger partial charge in [-0.05, 0) is 12.3 Å². The maximum absolute atomic E-state index is 12.7. The summed E-state index contributed by atoms with van der Waals surface area (Å²) in [5.74, 6) is -3.48. The summed E-state index contributed by atoms with van der Waals surface area (Å²) in [4.78, 5) is 0. The standard InChI is InChI=1S/C8H16F2N2O3S/c9-8(10,5-11)6-12-16(13,14)4-7-1-2-15-3-7/h7,12H,1-6,11H2. The van der Waals surface area contributed by atoms with Gasteiger partial charge in [-0.15, -0.1) is 0 Å². The molecule has 0 aromatic rings. The Balaban J connectivity index is 2.39. The van der Waals surface area contributed by atoms with Crippen molar-refractivity contribution in [2.75, 3.05) is 32.1 Å². The Hall–Kier alpha value is -0.310. The van der Waals surface area contributed by atoms with Crippen LogP contribution in [0.3, 0.4) is 0 Å². The number of nitrogens with two attached hydrogens (primary N) is 1. The van der Waals surface area contributed by atoms with Gasteiger partial charge in [-0.3, -0.25) is 0 Å². The molecule has 5 nitrogen and oxygen atoms in total. The topological polar surface area (TPSA) is 81.4 Å². The van der Waals surface area contributed by atoms with E-state index in [9.17, 15) is 17.2 Å². The Bertz CT molecular complexity index is 315. The summed E-state index contributed by atoms with van der Waals surface area (Å²) in [7, 11) is -3.67. The van der Waals surface area contributed by atoms with Gasteiger partial charge in [-0.25, -0.2) is 21.9 Å². The third kappa shape index (κ3) is 4.69. The van der Waals surface area contributed by atoms with Crippen LogP contribution in [0, 0.1) is 5.92 Å². The minimum Gasteiger partial charge on any atom is -0.381 e. The number of rotatable bonds is 6. The first-order chi connectivity index (χ1) is 7.35. The van der Waals surface area contributed by atoms with Crippen LogP contribution >= 0.6 is 0 Å². The third-order valence-corrected chi connectivity index (χ3v) is 3.82. The van der Waals surface area contributed by atoms with Crippen LogP contribution in [0.1, 0.15) is 6.42 Å². The molecule has 1 aliphatic heterocycles. The first kappa shape index (κ1) is 13.8. The van der Waals surface area contributed by atoms with Gasteiger partial charge in [0.05, 0.1) is 25.4 Å². The lowest BCUT2D eigenvalue weighted by Gasteiger charge is -2.15. The van der Waals surface area contributed by atoms with Gasteiger partial charge >= 0.3 is 0 Å². The van der Waals surface area contributed by atoms with E-state index in [2.05, 4.69) is 0 Å². The molecule has 8 heteroatoms. The fourth-order valence-electron chi connectivity index (χ4n) is 1.37. The molecule has 1 aliphatic rings. The van der Waals surface area contributed by atoms with Crippen molar-refractivity contribution in [1.82, 2.24) is 4.72 Å². The Morgan fingerprint density at radius 2 is 2.19 bits per heavy atom. The fraction of sp³-hybridized carbons (Fsp3) is 1.00. The average Bonchev–Trinajstić information content (AvgIpc) is 2.67. The molecule has 0 saturated carbocycles. The normalized spacial score (nSPS) is 22.6. The van der Waals surface area contributed by atoms with Crippen molar-refractivity contribution in [3.05, 3.63) is 0 Å². The van der Waals surface area contributed by atoms with Crippen molar-refractivity contribution in [1.29, 1.82) is 0 Å². The molecule has 16 heavy (non-hydrogen) atoms. The Kier molecular flexibility index (Phi) is 4.60. The van der Waals surface area contributed by atoms with Crippen LogP contribution in [0.15, 0.2) is 0 Å². The van der Waals surface area contributed by atoms with Gasteiger partial charge < -0.3 is 10.5 Å². The van der Waals surface area contributed by atoms with Gasteiger partial charge in [-0.2, -0.15) is 0 Å². The van der Waals surface area contributed by atoms with Gasteiger partial charge in [0.1, 0.15) is 0 Å². The SMILES string of the molecule is NCC(F)(F)CNS(=O)(=O)CC1CCOC1. The summed E-state index contributed by atoms with van der Waals surface area (Å²) in [6.45, 7) is -0.922. The molecule has 0 amide bonds. The molecule has 0 aliphatic carbocycles. The maximum Gasteiger partial charge on any atom is 0.273 e. The van der Waals surface area contributed by atoms with Gasteiger partial charge in [0.25, 0.3) is 5.92 Å². The predicted molar refractivity (Wildman–Crippen MR) is 54.7 cm³/mol. The van der Waals surface area contributed by atoms with Crippen LogP contribution in [0.4, 0.5) is 8.78 Å². The number of ether oxygens (including phenoxy) is 1. The van der Waals surface area contributed by atoms with Crippen LogP contribution in [0.5, 0.6) is 0 Å². The predicted octanol–water partition coefficient (Wildman–Crippen LogP) is -0.464. The van der Waals surface area contributed by atoms with E-state index < -0.39 is 29.0 Å². The van der Waals surface area contributed by atoms with E-state index in [4.69, 9.17) is 10.5 Å². The van der Waals surface area contributed by atoms with E-state index in [-0.39, 0.29) is 11.7 Å². The average molecular weight is 258 g/mol. The summed E-state index contributed by atoms with van der Waals surface area (Å²) in [6.07, 6.45) is 0.647. The minimum atomic E-state index is -3.67. The van der Waals surface area contributed by atoms with Crippen molar-refractivity contribution in [3.63, 3.8) is 0 Å². The molecule has 1 saturated heterocycles. The minimum absolute atomic E-state index is 0.107. The van der Waals surface area contributed by atoms with Gasteiger partial charge in [0.15, 0.2) is 0 Å². The summed E-state index contributed by atoms with van der Waals surface area (Å²) < 4.78 is 55.1. The molecular weight excluding hydrogens is 242 g/mol. The molecule has 1 atom stereocenters. The molecule has 0 radical (unpaired) electrons. The Morgan fingerprint density at radius 3 is 2.69 bits per heavy atom. The fourth-order valence-corrected chi connectivity index (χ4v) is 2.80.